The average Bonchev–Trinajstić information content (AvgIpc) is 2.58. The Balaban J connectivity index is 1.54. The van der Waals surface area contributed by atoms with Gasteiger partial charge in [0.15, 0.2) is 0 Å². The highest BCUT2D eigenvalue weighted by Gasteiger charge is 2.22. The number of para-hydroxylation sites is 1. The van der Waals surface area contributed by atoms with Gasteiger partial charge in [0.1, 0.15) is 36.6 Å². The molecule has 0 saturated carbocycles. The minimum Gasteiger partial charge on any atom is -0.491 e. The number of carbonyl (C=O) groups is 1. The van der Waals surface area contributed by atoms with Gasteiger partial charge in [-0.05, 0) is 24.3 Å². The highest BCUT2D eigenvalue weighted by atomic mass is 16.5. The fourth-order valence-corrected chi connectivity index (χ4v) is 2.27. The van der Waals surface area contributed by atoms with Gasteiger partial charge in [0.05, 0.1) is 12.1 Å². The van der Waals surface area contributed by atoms with E-state index in [0.717, 1.165) is 0 Å². The molecule has 2 aromatic rings. The number of fused-ring (bicyclic) bond motifs is 1. The van der Waals surface area contributed by atoms with E-state index < -0.39 is 12.1 Å². The third-order valence-corrected chi connectivity index (χ3v) is 3.45. The first-order chi connectivity index (χ1) is 11.6. The molecule has 1 unspecified atom stereocenters. The highest BCUT2D eigenvalue weighted by Crippen LogP contribution is 2.29. The number of aliphatic hydroxyl groups excluding tert-OH is 1. The van der Waals surface area contributed by atoms with E-state index in [9.17, 15) is 9.90 Å². The maximum Gasteiger partial charge on any atom is 0.317 e. The van der Waals surface area contributed by atoms with E-state index in [2.05, 4.69) is 0 Å². The SMILES string of the molecule is N=C1CC(=O)Oc2cc(OCC(O)COc3ccccc3)ccc21. The molecule has 1 heterocycles. The van der Waals surface area contributed by atoms with Crippen molar-refractivity contribution in [3.05, 3.63) is 54.1 Å². The monoisotopic (exact) mass is 327 g/mol. The first kappa shape index (κ1) is 16.0. The normalized spacial score (nSPS) is 14.5. The summed E-state index contributed by atoms with van der Waals surface area (Å²) in [6, 6.07) is 14.1. The van der Waals surface area contributed by atoms with Crippen molar-refractivity contribution in [2.24, 2.45) is 0 Å². The fourth-order valence-electron chi connectivity index (χ4n) is 2.27. The number of aliphatic hydroxyl groups is 1. The number of hydrogen-bond acceptors (Lipinski definition) is 6. The Morgan fingerprint density at radius 3 is 2.54 bits per heavy atom. The Bertz CT molecular complexity index is 744. The summed E-state index contributed by atoms with van der Waals surface area (Å²) in [5.74, 6) is 0.982. The molecule has 0 aliphatic carbocycles. The molecule has 0 aromatic heterocycles. The number of rotatable bonds is 6. The Morgan fingerprint density at radius 2 is 1.79 bits per heavy atom. The van der Waals surface area contributed by atoms with Crippen LogP contribution in [0.2, 0.25) is 0 Å². The van der Waals surface area contributed by atoms with Gasteiger partial charge in [0, 0.05) is 11.6 Å². The van der Waals surface area contributed by atoms with E-state index in [0.29, 0.717) is 22.8 Å². The number of esters is 1. The van der Waals surface area contributed by atoms with Crippen molar-refractivity contribution in [3.8, 4) is 17.2 Å². The fraction of sp³-hybridized carbons (Fsp3) is 0.222. The second-order valence-corrected chi connectivity index (χ2v) is 5.38. The summed E-state index contributed by atoms with van der Waals surface area (Å²) in [4.78, 5) is 11.4. The molecule has 2 N–H and O–H groups in total. The van der Waals surface area contributed by atoms with Gasteiger partial charge in [-0.3, -0.25) is 4.79 Å². The van der Waals surface area contributed by atoms with E-state index in [1.165, 1.54) is 0 Å². The maximum absolute atomic E-state index is 11.4. The van der Waals surface area contributed by atoms with Crippen LogP contribution in [-0.4, -0.2) is 36.1 Å². The molecule has 2 aromatic carbocycles. The van der Waals surface area contributed by atoms with Gasteiger partial charge >= 0.3 is 5.97 Å². The van der Waals surface area contributed by atoms with Gasteiger partial charge in [-0.15, -0.1) is 0 Å². The first-order valence-corrected chi connectivity index (χ1v) is 7.53. The number of benzene rings is 2. The molecular weight excluding hydrogens is 310 g/mol. The molecule has 124 valence electrons. The van der Waals surface area contributed by atoms with Crippen LogP contribution in [0.15, 0.2) is 48.5 Å². The third-order valence-electron chi connectivity index (χ3n) is 3.45. The van der Waals surface area contributed by atoms with Crippen LogP contribution in [0.25, 0.3) is 0 Å². The quantitative estimate of drug-likeness (QED) is 0.627. The zero-order valence-corrected chi connectivity index (χ0v) is 12.9. The molecule has 0 amide bonds. The minimum atomic E-state index is -0.804. The van der Waals surface area contributed by atoms with Crippen LogP contribution in [0.1, 0.15) is 12.0 Å². The summed E-state index contributed by atoms with van der Waals surface area (Å²) in [5.41, 5.74) is 0.805. The summed E-state index contributed by atoms with van der Waals surface area (Å²) >= 11 is 0. The van der Waals surface area contributed by atoms with E-state index >= 15 is 0 Å². The number of nitrogens with one attached hydrogen (secondary N) is 1. The largest absolute Gasteiger partial charge is 0.491 e. The molecule has 1 atom stereocenters. The van der Waals surface area contributed by atoms with Crippen LogP contribution in [0.4, 0.5) is 0 Å². The Labute approximate surface area is 139 Å². The van der Waals surface area contributed by atoms with E-state index in [1.807, 2.05) is 18.2 Å². The molecule has 0 radical (unpaired) electrons. The highest BCUT2D eigenvalue weighted by molar-refractivity contribution is 6.12. The maximum atomic E-state index is 11.4. The predicted octanol–water partition coefficient (Wildman–Crippen LogP) is 2.18. The summed E-state index contributed by atoms with van der Waals surface area (Å²) in [5, 5.41) is 17.7. The number of ether oxygens (including phenoxy) is 3. The van der Waals surface area contributed by atoms with Gasteiger partial charge in [-0.1, -0.05) is 18.2 Å². The lowest BCUT2D eigenvalue weighted by atomic mass is 10.0. The van der Waals surface area contributed by atoms with Crippen molar-refractivity contribution in [2.75, 3.05) is 13.2 Å². The molecule has 1 aliphatic heterocycles. The van der Waals surface area contributed by atoms with Crippen LogP contribution in [-0.2, 0) is 4.79 Å². The topological polar surface area (TPSA) is 88.8 Å². The van der Waals surface area contributed by atoms with Gasteiger partial charge < -0.3 is 24.7 Å². The van der Waals surface area contributed by atoms with Gasteiger partial charge in [-0.25, -0.2) is 0 Å². The van der Waals surface area contributed by atoms with Crippen LogP contribution >= 0.6 is 0 Å². The predicted molar refractivity (Wildman–Crippen MR) is 87.0 cm³/mol. The van der Waals surface area contributed by atoms with E-state index in [-0.39, 0.29) is 25.3 Å². The molecule has 0 fully saturated rings. The lowest BCUT2D eigenvalue weighted by Crippen LogP contribution is -2.25. The molecular formula is C18H17NO5. The molecule has 6 heteroatoms. The minimum absolute atomic E-state index is 0.0251. The zero-order valence-electron chi connectivity index (χ0n) is 12.9. The van der Waals surface area contributed by atoms with Crippen molar-refractivity contribution in [2.45, 2.75) is 12.5 Å². The van der Waals surface area contributed by atoms with Crippen LogP contribution in [0.5, 0.6) is 17.2 Å². The summed E-state index contributed by atoms with van der Waals surface area (Å²) in [6.45, 7) is 0.144. The standard InChI is InChI=1S/C18H17NO5/c19-16-9-18(21)24-17-8-14(6-7-15(16)17)23-11-12(20)10-22-13-4-2-1-3-5-13/h1-8,12,19-20H,9-11H2. The average molecular weight is 327 g/mol. The lowest BCUT2D eigenvalue weighted by molar-refractivity contribution is -0.133. The molecule has 24 heavy (non-hydrogen) atoms. The van der Waals surface area contributed by atoms with Gasteiger partial charge in [0.25, 0.3) is 0 Å². The van der Waals surface area contributed by atoms with Gasteiger partial charge in [-0.2, -0.15) is 0 Å². The Kier molecular flexibility index (Phi) is 4.77. The van der Waals surface area contributed by atoms with Crippen LogP contribution < -0.4 is 14.2 Å². The third kappa shape index (κ3) is 3.91. The van der Waals surface area contributed by atoms with E-state index in [4.69, 9.17) is 19.6 Å². The van der Waals surface area contributed by atoms with E-state index in [1.54, 1.807) is 30.3 Å². The molecule has 3 rings (SSSR count). The molecule has 0 saturated heterocycles. The van der Waals surface area contributed by atoms with Gasteiger partial charge in [0.2, 0.25) is 0 Å². The van der Waals surface area contributed by atoms with Crippen LogP contribution in [0, 0.1) is 5.41 Å². The van der Waals surface area contributed by atoms with Crippen molar-refractivity contribution in [1.82, 2.24) is 0 Å². The molecule has 1 aliphatic rings. The Morgan fingerprint density at radius 1 is 1.08 bits per heavy atom. The second kappa shape index (κ2) is 7.14. The molecule has 6 nitrogen and oxygen atoms in total. The zero-order chi connectivity index (χ0) is 16.9. The summed E-state index contributed by atoms with van der Waals surface area (Å²) < 4.78 is 16.1. The number of carbonyl (C=O) groups excluding carboxylic acids is 1. The van der Waals surface area contributed by atoms with Crippen molar-refractivity contribution >= 4 is 11.7 Å². The first-order valence-electron chi connectivity index (χ1n) is 7.53. The summed E-state index contributed by atoms with van der Waals surface area (Å²) in [7, 11) is 0. The van der Waals surface area contributed by atoms with Crippen molar-refractivity contribution < 1.29 is 24.1 Å². The van der Waals surface area contributed by atoms with Crippen molar-refractivity contribution in [1.29, 1.82) is 5.41 Å². The van der Waals surface area contributed by atoms with Crippen LogP contribution in [0.3, 0.4) is 0 Å². The lowest BCUT2D eigenvalue weighted by Gasteiger charge is -2.18. The second-order valence-electron chi connectivity index (χ2n) is 5.38. The smallest absolute Gasteiger partial charge is 0.317 e. The summed E-state index contributed by atoms with van der Waals surface area (Å²) in [6.07, 6.45) is -0.829. The number of hydrogen-bond donors (Lipinski definition) is 2. The van der Waals surface area contributed by atoms with Crippen molar-refractivity contribution in [3.63, 3.8) is 0 Å². The Hall–Kier alpha value is -2.86. The molecule has 0 bridgehead atoms. The molecule has 0 spiro atoms.